The molecule has 0 unspecified atom stereocenters. The molecule has 2 heterocycles. The number of aromatic nitrogens is 2. The molecular formula is C11H15N3O5. The number of aliphatic carboxylic acids is 2. The first-order chi connectivity index (χ1) is 9.04. The van der Waals surface area contributed by atoms with Gasteiger partial charge in [0.1, 0.15) is 0 Å². The van der Waals surface area contributed by atoms with E-state index in [-0.39, 0.29) is 0 Å². The minimum atomic E-state index is -1.82. The van der Waals surface area contributed by atoms with Crippen LogP contribution in [-0.2, 0) is 16.0 Å². The molecule has 1 aromatic heterocycles. The molecule has 104 valence electrons. The van der Waals surface area contributed by atoms with Gasteiger partial charge < -0.3 is 20.1 Å². The number of rotatable bonds is 2. The SMILES string of the molecule is CCc1noc(C2=CCCNC2)n1.O=C(O)C(=O)O. The van der Waals surface area contributed by atoms with Gasteiger partial charge in [0.2, 0.25) is 0 Å². The monoisotopic (exact) mass is 269 g/mol. The van der Waals surface area contributed by atoms with E-state index in [0.29, 0.717) is 5.89 Å². The molecule has 0 aliphatic carbocycles. The molecule has 8 heteroatoms. The van der Waals surface area contributed by atoms with Crippen LogP contribution in [0.2, 0.25) is 0 Å². The lowest BCUT2D eigenvalue weighted by atomic mass is 10.1. The summed E-state index contributed by atoms with van der Waals surface area (Å²) < 4.78 is 5.13. The molecule has 1 aliphatic heterocycles. The Hall–Kier alpha value is -2.22. The topological polar surface area (TPSA) is 126 Å². The van der Waals surface area contributed by atoms with Crippen molar-refractivity contribution in [1.82, 2.24) is 15.5 Å². The molecule has 0 aromatic carbocycles. The normalized spacial score (nSPS) is 14.1. The highest BCUT2D eigenvalue weighted by molar-refractivity contribution is 6.27. The summed E-state index contributed by atoms with van der Waals surface area (Å²) in [4.78, 5) is 22.5. The van der Waals surface area contributed by atoms with E-state index >= 15 is 0 Å². The Labute approximate surface area is 109 Å². The standard InChI is InChI=1S/C9H13N3O.C2H2O4/c1-2-8-11-9(13-12-8)7-4-3-5-10-6-7;3-1(4)2(5)6/h4,10H,2-3,5-6H2,1H3;(H,3,4)(H,5,6). The van der Waals surface area contributed by atoms with Crippen LogP contribution in [0, 0.1) is 0 Å². The number of carboxylic acids is 2. The molecule has 19 heavy (non-hydrogen) atoms. The van der Waals surface area contributed by atoms with Crippen molar-refractivity contribution in [3.05, 3.63) is 17.8 Å². The van der Waals surface area contributed by atoms with Gasteiger partial charge in [-0.15, -0.1) is 0 Å². The highest BCUT2D eigenvalue weighted by Crippen LogP contribution is 2.14. The molecule has 1 aliphatic rings. The minimum Gasteiger partial charge on any atom is -0.473 e. The lowest BCUT2D eigenvalue weighted by Gasteiger charge is -2.09. The Morgan fingerprint density at radius 3 is 2.53 bits per heavy atom. The third-order valence-electron chi connectivity index (χ3n) is 2.27. The zero-order valence-corrected chi connectivity index (χ0v) is 10.4. The average molecular weight is 269 g/mol. The number of nitrogens with one attached hydrogen (secondary N) is 1. The van der Waals surface area contributed by atoms with Crippen molar-refractivity contribution in [1.29, 1.82) is 0 Å². The second-order valence-electron chi connectivity index (χ2n) is 3.67. The first-order valence-corrected chi connectivity index (χ1v) is 5.73. The maximum atomic E-state index is 9.10. The number of hydrogen-bond acceptors (Lipinski definition) is 6. The average Bonchev–Trinajstić information content (AvgIpc) is 2.89. The first kappa shape index (κ1) is 14.8. The first-order valence-electron chi connectivity index (χ1n) is 5.73. The van der Waals surface area contributed by atoms with Gasteiger partial charge in [0, 0.05) is 18.5 Å². The van der Waals surface area contributed by atoms with Crippen molar-refractivity contribution in [3.8, 4) is 0 Å². The summed E-state index contributed by atoms with van der Waals surface area (Å²) in [6.07, 6.45) is 4.02. The lowest BCUT2D eigenvalue weighted by molar-refractivity contribution is -0.159. The lowest BCUT2D eigenvalue weighted by Crippen LogP contribution is -2.21. The molecule has 0 radical (unpaired) electrons. The Bertz CT molecular complexity index is 468. The van der Waals surface area contributed by atoms with E-state index in [4.69, 9.17) is 24.3 Å². The molecule has 0 spiro atoms. The predicted octanol–water partition coefficient (Wildman–Crippen LogP) is 0.164. The van der Waals surface area contributed by atoms with Crippen LogP contribution < -0.4 is 5.32 Å². The molecule has 0 saturated heterocycles. The molecule has 2 rings (SSSR count). The smallest absolute Gasteiger partial charge is 0.414 e. The van der Waals surface area contributed by atoms with Gasteiger partial charge in [-0.1, -0.05) is 18.2 Å². The minimum absolute atomic E-state index is 0.670. The Morgan fingerprint density at radius 1 is 1.42 bits per heavy atom. The molecule has 0 amide bonds. The van der Waals surface area contributed by atoms with E-state index in [2.05, 4.69) is 21.5 Å². The van der Waals surface area contributed by atoms with Gasteiger partial charge in [-0.2, -0.15) is 4.98 Å². The summed E-state index contributed by atoms with van der Waals surface area (Å²) in [5.41, 5.74) is 1.12. The van der Waals surface area contributed by atoms with Crippen molar-refractivity contribution in [3.63, 3.8) is 0 Å². The van der Waals surface area contributed by atoms with Gasteiger partial charge in [0.05, 0.1) is 0 Å². The van der Waals surface area contributed by atoms with E-state index in [1.54, 1.807) is 0 Å². The quantitative estimate of drug-likeness (QED) is 0.648. The van der Waals surface area contributed by atoms with E-state index in [9.17, 15) is 0 Å². The fourth-order valence-corrected chi connectivity index (χ4v) is 1.33. The van der Waals surface area contributed by atoms with Gasteiger partial charge in [-0.3, -0.25) is 0 Å². The zero-order chi connectivity index (χ0) is 14.3. The van der Waals surface area contributed by atoms with E-state index in [1.165, 1.54) is 0 Å². The van der Waals surface area contributed by atoms with Crippen LogP contribution in [0.1, 0.15) is 25.1 Å². The highest BCUT2D eigenvalue weighted by Gasteiger charge is 2.12. The maximum Gasteiger partial charge on any atom is 0.414 e. The van der Waals surface area contributed by atoms with Gasteiger partial charge in [0.15, 0.2) is 5.82 Å². The van der Waals surface area contributed by atoms with Crippen LogP contribution in [0.15, 0.2) is 10.6 Å². The van der Waals surface area contributed by atoms with Gasteiger partial charge >= 0.3 is 11.9 Å². The number of aryl methyl sites for hydroxylation is 1. The van der Waals surface area contributed by atoms with Crippen molar-refractivity contribution in [2.24, 2.45) is 0 Å². The molecule has 1 aromatic rings. The second kappa shape index (κ2) is 7.27. The fraction of sp³-hybridized carbons (Fsp3) is 0.455. The largest absolute Gasteiger partial charge is 0.473 e. The van der Waals surface area contributed by atoms with Gasteiger partial charge in [0.25, 0.3) is 5.89 Å². The molecule has 0 bridgehead atoms. The van der Waals surface area contributed by atoms with Crippen molar-refractivity contribution >= 4 is 17.5 Å². The van der Waals surface area contributed by atoms with Crippen LogP contribution in [-0.4, -0.2) is 45.4 Å². The number of nitrogens with zero attached hydrogens (tertiary/aromatic N) is 2. The molecular weight excluding hydrogens is 254 g/mol. The van der Waals surface area contributed by atoms with E-state index < -0.39 is 11.9 Å². The molecule has 0 atom stereocenters. The summed E-state index contributed by atoms with van der Waals surface area (Å²) in [5, 5.41) is 21.9. The Balaban J connectivity index is 0.000000258. The van der Waals surface area contributed by atoms with Crippen molar-refractivity contribution in [2.75, 3.05) is 13.1 Å². The molecule has 3 N–H and O–H groups in total. The number of carboxylic acid groups (broad SMARTS) is 2. The van der Waals surface area contributed by atoms with Crippen LogP contribution in [0.5, 0.6) is 0 Å². The third-order valence-corrected chi connectivity index (χ3v) is 2.27. The fourth-order valence-electron chi connectivity index (χ4n) is 1.33. The zero-order valence-electron chi connectivity index (χ0n) is 10.4. The molecule has 0 fully saturated rings. The second-order valence-corrected chi connectivity index (χ2v) is 3.67. The molecule has 0 saturated carbocycles. The van der Waals surface area contributed by atoms with Gasteiger partial charge in [-0.25, -0.2) is 9.59 Å². The van der Waals surface area contributed by atoms with Crippen molar-refractivity contribution < 1.29 is 24.3 Å². The summed E-state index contributed by atoms with van der Waals surface area (Å²) in [6, 6.07) is 0. The van der Waals surface area contributed by atoms with Gasteiger partial charge in [-0.05, 0) is 13.0 Å². The van der Waals surface area contributed by atoms with Crippen LogP contribution in [0.4, 0.5) is 0 Å². The predicted molar refractivity (Wildman–Crippen MR) is 64.4 cm³/mol. The van der Waals surface area contributed by atoms with Crippen LogP contribution in [0.3, 0.4) is 0 Å². The van der Waals surface area contributed by atoms with Crippen molar-refractivity contribution in [2.45, 2.75) is 19.8 Å². The van der Waals surface area contributed by atoms with Crippen LogP contribution >= 0.6 is 0 Å². The van der Waals surface area contributed by atoms with E-state index in [0.717, 1.165) is 37.3 Å². The van der Waals surface area contributed by atoms with E-state index in [1.807, 2.05) is 6.92 Å². The van der Waals surface area contributed by atoms with Crippen LogP contribution in [0.25, 0.3) is 5.57 Å². The summed E-state index contributed by atoms with van der Waals surface area (Å²) in [6.45, 7) is 3.89. The summed E-state index contributed by atoms with van der Waals surface area (Å²) in [5.74, 6) is -2.20. The maximum absolute atomic E-state index is 9.10. The Kier molecular flexibility index (Phi) is 5.68. The Morgan fingerprint density at radius 2 is 2.11 bits per heavy atom. The number of hydrogen-bond donors (Lipinski definition) is 3. The highest BCUT2D eigenvalue weighted by atomic mass is 16.5. The summed E-state index contributed by atoms with van der Waals surface area (Å²) in [7, 11) is 0. The third kappa shape index (κ3) is 4.88. The number of carbonyl (C=O) groups is 2. The summed E-state index contributed by atoms with van der Waals surface area (Å²) >= 11 is 0. The molecule has 8 nitrogen and oxygen atoms in total.